The van der Waals surface area contributed by atoms with Gasteiger partial charge < -0.3 is 22.4 Å². The predicted molar refractivity (Wildman–Crippen MR) is 46.0 cm³/mol. The minimum atomic E-state index is -5.21. The van der Waals surface area contributed by atoms with Gasteiger partial charge in [-0.05, 0) is 12.1 Å². The highest BCUT2D eigenvalue weighted by molar-refractivity contribution is 6.74. The van der Waals surface area contributed by atoms with Gasteiger partial charge in [0.25, 0.3) is 0 Å². The van der Waals surface area contributed by atoms with Crippen LogP contribution in [0.1, 0.15) is 5.56 Å². The van der Waals surface area contributed by atoms with Crippen LogP contribution in [0.5, 0.6) is 11.5 Å². The smallest absolute Gasteiger partial charge is 0.454 e. The van der Waals surface area contributed by atoms with Gasteiger partial charge in [0.2, 0.25) is 6.79 Å². The van der Waals surface area contributed by atoms with Crippen LogP contribution in [0.2, 0.25) is 0 Å². The number of ether oxygens (including phenoxy) is 2. The van der Waals surface area contributed by atoms with E-state index in [1.807, 2.05) is 0 Å². The molecule has 1 aliphatic rings. The molecule has 0 amide bonds. The first-order chi connectivity index (χ1) is 7.02. The number of hydrogen-bond acceptors (Lipinski definition) is 3. The lowest BCUT2D eigenvalue weighted by molar-refractivity contribution is 0.174. The van der Waals surface area contributed by atoms with Gasteiger partial charge in [0.05, 0.1) is 6.07 Å². The Balaban J connectivity index is 2.60. The summed E-state index contributed by atoms with van der Waals surface area (Å²) in [6.07, 6.45) is 0. The van der Waals surface area contributed by atoms with Crippen molar-refractivity contribution in [1.82, 2.24) is 0 Å². The van der Waals surface area contributed by atoms with E-state index < -0.39 is 18.0 Å². The number of rotatable bonds is 1. The third-order valence-corrected chi connectivity index (χ3v) is 2.02. The number of fused-ring (bicyclic) bond motifs is 1. The minimum absolute atomic E-state index is 0.0307. The first-order valence-corrected chi connectivity index (χ1v) is 4.06. The van der Waals surface area contributed by atoms with Crippen LogP contribution in [0.15, 0.2) is 12.1 Å². The molecule has 15 heavy (non-hydrogen) atoms. The molecule has 0 radical (unpaired) electrons. The van der Waals surface area contributed by atoms with E-state index >= 15 is 0 Å². The van der Waals surface area contributed by atoms with E-state index in [4.69, 9.17) is 14.7 Å². The summed E-state index contributed by atoms with van der Waals surface area (Å²) >= 11 is 0. The molecule has 78 valence electrons. The lowest BCUT2D eigenvalue weighted by Gasteiger charge is -2.16. The summed E-state index contributed by atoms with van der Waals surface area (Å²) in [4.78, 5) is 0. The summed E-state index contributed by atoms with van der Waals surface area (Å²) in [5.41, 5.74) is -1.38. The first-order valence-electron chi connectivity index (χ1n) is 4.06. The molecule has 3 nitrogen and oxygen atoms in total. The van der Waals surface area contributed by atoms with Crippen molar-refractivity contribution in [3.8, 4) is 17.6 Å². The highest BCUT2D eigenvalue weighted by Gasteiger charge is 2.31. The third kappa shape index (κ3) is 1.58. The molecule has 0 fully saturated rings. The second-order valence-corrected chi connectivity index (χ2v) is 2.98. The predicted octanol–water partition coefficient (Wildman–Crippen LogP) is 1.34. The van der Waals surface area contributed by atoms with Gasteiger partial charge in [-0.25, -0.2) is 0 Å². The van der Waals surface area contributed by atoms with Crippen molar-refractivity contribution in [2.24, 2.45) is 0 Å². The Kier molecular flexibility index (Phi) is 2.00. The average molecular weight is 214 g/mol. The monoisotopic (exact) mass is 214 g/mol. The summed E-state index contributed by atoms with van der Waals surface area (Å²) in [5.74, 6) is 0.207. The van der Waals surface area contributed by atoms with Crippen molar-refractivity contribution in [2.45, 2.75) is 0 Å². The third-order valence-electron chi connectivity index (χ3n) is 2.02. The van der Waals surface area contributed by atoms with Crippen LogP contribution in [-0.2, 0) is 0 Å². The van der Waals surface area contributed by atoms with Gasteiger partial charge in [-0.2, -0.15) is 5.26 Å². The van der Waals surface area contributed by atoms with E-state index in [2.05, 4.69) is 0 Å². The molecule has 0 N–H and O–H groups in total. The number of nitrogens with zero attached hydrogens (tertiary/aromatic N) is 1. The lowest BCUT2D eigenvalue weighted by Crippen LogP contribution is -2.36. The van der Waals surface area contributed by atoms with Crippen LogP contribution in [0, 0.1) is 11.3 Å². The molecule has 0 atom stereocenters. The molecular formula is C8H4BF3NO2-. The van der Waals surface area contributed by atoms with E-state index in [9.17, 15) is 12.9 Å². The molecule has 0 saturated heterocycles. The standard InChI is InChI=1S/C8H4BF3NO2/c10-9(11,12)6-2-8-7(14-4-15-8)1-5(6)3-13/h1-2H,4H2/q-1. The zero-order valence-electron chi connectivity index (χ0n) is 7.34. The van der Waals surface area contributed by atoms with Gasteiger partial charge in [-0.3, -0.25) is 0 Å². The molecule has 0 unspecified atom stereocenters. The quantitative estimate of drug-likeness (QED) is 0.662. The van der Waals surface area contributed by atoms with Crippen LogP contribution in [0.4, 0.5) is 12.9 Å². The van der Waals surface area contributed by atoms with Gasteiger partial charge in [0, 0.05) is 5.56 Å². The maximum Gasteiger partial charge on any atom is 0.511 e. The molecule has 0 aliphatic carbocycles. The molecule has 1 aromatic carbocycles. The zero-order chi connectivity index (χ0) is 11.1. The summed E-state index contributed by atoms with van der Waals surface area (Å²) in [7, 11) is 0. The van der Waals surface area contributed by atoms with Crippen molar-refractivity contribution >= 4 is 12.4 Å². The van der Waals surface area contributed by atoms with Crippen LogP contribution in [0.25, 0.3) is 0 Å². The van der Waals surface area contributed by atoms with Crippen LogP contribution >= 0.6 is 0 Å². The maximum absolute atomic E-state index is 12.5. The van der Waals surface area contributed by atoms with E-state index in [1.165, 1.54) is 6.07 Å². The molecular weight excluding hydrogens is 210 g/mol. The number of halogens is 3. The Bertz CT molecular complexity index is 452. The van der Waals surface area contributed by atoms with Crippen LogP contribution in [-0.4, -0.2) is 13.8 Å². The highest BCUT2D eigenvalue weighted by Crippen LogP contribution is 2.33. The normalized spacial score (nSPS) is 13.7. The van der Waals surface area contributed by atoms with Gasteiger partial charge in [-0.15, -0.1) is 0 Å². The Labute approximate surface area is 83.1 Å². The fourth-order valence-corrected chi connectivity index (χ4v) is 1.33. The molecule has 1 heterocycles. The van der Waals surface area contributed by atoms with Gasteiger partial charge in [0.15, 0.2) is 11.5 Å². The molecule has 2 rings (SSSR count). The summed E-state index contributed by atoms with van der Waals surface area (Å²) in [6.45, 7) is -5.33. The van der Waals surface area contributed by atoms with E-state index in [0.29, 0.717) is 0 Å². The average Bonchev–Trinajstić information content (AvgIpc) is 2.60. The second-order valence-electron chi connectivity index (χ2n) is 2.98. The number of nitriles is 1. The molecule has 7 heteroatoms. The molecule has 0 aromatic heterocycles. The molecule has 1 aromatic rings. The Hall–Kier alpha value is -1.84. The van der Waals surface area contributed by atoms with Crippen molar-refractivity contribution in [1.29, 1.82) is 5.26 Å². The summed E-state index contributed by atoms with van der Waals surface area (Å²) in [6, 6.07) is 3.35. The molecule has 1 aliphatic heterocycles. The number of benzene rings is 1. The number of hydrogen-bond donors (Lipinski definition) is 0. The summed E-state index contributed by atoms with van der Waals surface area (Å²) in [5, 5.41) is 8.58. The zero-order valence-corrected chi connectivity index (χ0v) is 7.34. The fraction of sp³-hybridized carbons (Fsp3) is 0.125. The maximum atomic E-state index is 12.5. The SMILES string of the molecule is N#Cc1cc2c(cc1[B-](F)(F)F)OCO2. The van der Waals surface area contributed by atoms with Crippen molar-refractivity contribution in [2.75, 3.05) is 6.79 Å². The Morgan fingerprint density at radius 3 is 2.33 bits per heavy atom. The summed E-state index contributed by atoms with van der Waals surface area (Å²) < 4.78 is 47.2. The van der Waals surface area contributed by atoms with E-state index in [1.54, 1.807) is 0 Å². The Morgan fingerprint density at radius 1 is 1.20 bits per heavy atom. The first kappa shape index (κ1) is 9.71. The van der Waals surface area contributed by atoms with Crippen molar-refractivity contribution in [3.63, 3.8) is 0 Å². The van der Waals surface area contributed by atoms with Gasteiger partial charge >= 0.3 is 6.98 Å². The van der Waals surface area contributed by atoms with Gasteiger partial charge in [-0.1, -0.05) is 5.46 Å². The van der Waals surface area contributed by atoms with E-state index in [-0.39, 0.29) is 18.3 Å². The van der Waals surface area contributed by atoms with Crippen molar-refractivity contribution < 1.29 is 22.4 Å². The highest BCUT2D eigenvalue weighted by atomic mass is 19.4. The topological polar surface area (TPSA) is 42.2 Å². The minimum Gasteiger partial charge on any atom is -0.454 e. The fourth-order valence-electron chi connectivity index (χ4n) is 1.33. The largest absolute Gasteiger partial charge is 0.511 e. The second kappa shape index (κ2) is 3.09. The molecule has 0 bridgehead atoms. The van der Waals surface area contributed by atoms with Gasteiger partial charge in [0.1, 0.15) is 0 Å². The molecule has 0 saturated carbocycles. The van der Waals surface area contributed by atoms with Crippen LogP contribution in [0.3, 0.4) is 0 Å². The Morgan fingerprint density at radius 2 is 1.80 bits per heavy atom. The molecule has 0 spiro atoms. The lowest BCUT2D eigenvalue weighted by atomic mass is 9.77. The van der Waals surface area contributed by atoms with E-state index in [0.717, 1.165) is 12.1 Å². The van der Waals surface area contributed by atoms with Crippen LogP contribution < -0.4 is 14.9 Å². The van der Waals surface area contributed by atoms with Crippen molar-refractivity contribution in [3.05, 3.63) is 17.7 Å².